The number of para-hydroxylation sites is 2. The van der Waals surface area contributed by atoms with Crippen LogP contribution in [0.3, 0.4) is 0 Å². The molecule has 0 spiro atoms. The van der Waals surface area contributed by atoms with Crippen molar-refractivity contribution in [3.63, 3.8) is 0 Å². The Kier molecular flexibility index (Phi) is 5.48. The summed E-state index contributed by atoms with van der Waals surface area (Å²) in [6.07, 6.45) is 1.73. The van der Waals surface area contributed by atoms with Gasteiger partial charge in [0.25, 0.3) is 11.1 Å². The SMILES string of the molecule is O=C1S/C(=C/c2ccccc2OCc2cccc3ccccc23)C(=O)N1c1ccccc1. The molecule has 5 heteroatoms. The Bertz CT molecular complexity index is 1340. The summed E-state index contributed by atoms with van der Waals surface area (Å²) in [5.74, 6) is 0.335. The van der Waals surface area contributed by atoms with Gasteiger partial charge in [-0.05, 0) is 52.4 Å². The van der Waals surface area contributed by atoms with Crippen molar-refractivity contribution in [3.8, 4) is 5.75 Å². The van der Waals surface area contributed by atoms with Crippen LogP contribution in [0.5, 0.6) is 5.75 Å². The maximum absolute atomic E-state index is 12.9. The molecular weight excluding hydrogens is 418 g/mol. The monoisotopic (exact) mass is 437 g/mol. The van der Waals surface area contributed by atoms with Crippen LogP contribution in [-0.4, -0.2) is 11.1 Å². The number of fused-ring (bicyclic) bond motifs is 1. The Labute approximate surface area is 190 Å². The first-order valence-corrected chi connectivity index (χ1v) is 11.0. The third-order valence-corrected chi connectivity index (χ3v) is 6.15. The van der Waals surface area contributed by atoms with Gasteiger partial charge in [0, 0.05) is 5.56 Å². The van der Waals surface area contributed by atoms with Gasteiger partial charge in [-0.2, -0.15) is 0 Å². The van der Waals surface area contributed by atoms with Gasteiger partial charge < -0.3 is 4.74 Å². The molecule has 0 unspecified atom stereocenters. The summed E-state index contributed by atoms with van der Waals surface area (Å²) in [4.78, 5) is 27.0. The molecule has 1 fully saturated rings. The zero-order valence-corrected chi connectivity index (χ0v) is 17.9. The number of hydrogen-bond acceptors (Lipinski definition) is 4. The highest BCUT2D eigenvalue weighted by molar-refractivity contribution is 8.19. The molecule has 0 aromatic heterocycles. The van der Waals surface area contributed by atoms with Crippen molar-refractivity contribution in [1.29, 1.82) is 0 Å². The molecule has 4 aromatic carbocycles. The van der Waals surface area contributed by atoms with Crippen LogP contribution in [-0.2, 0) is 11.4 Å². The number of benzene rings is 4. The van der Waals surface area contributed by atoms with Crippen LogP contribution in [0.15, 0.2) is 102 Å². The standard InChI is InChI=1S/C27H19NO3S/c29-26-25(32-27(30)28(26)22-13-2-1-3-14-22)17-20-10-5-7-16-24(20)31-18-21-12-8-11-19-9-4-6-15-23(19)21/h1-17H,18H2/b25-17+. The van der Waals surface area contributed by atoms with Crippen molar-refractivity contribution in [3.05, 3.63) is 113 Å². The predicted molar refractivity (Wildman–Crippen MR) is 130 cm³/mol. The number of rotatable bonds is 5. The lowest BCUT2D eigenvalue weighted by Crippen LogP contribution is -2.27. The van der Waals surface area contributed by atoms with Gasteiger partial charge in [-0.3, -0.25) is 9.59 Å². The molecule has 4 nitrogen and oxygen atoms in total. The van der Waals surface area contributed by atoms with E-state index in [2.05, 4.69) is 24.3 Å². The average Bonchev–Trinajstić information content (AvgIpc) is 3.11. The van der Waals surface area contributed by atoms with Gasteiger partial charge in [0.15, 0.2) is 0 Å². The van der Waals surface area contributed by atoms with Gasteiger partial charge in [0.05, 0.1) is 10.6 Å². The van der Waals surface area contributed by atoms with Gasteiger partial charge in [0.2, 0.25) is 0 Å². The Balaban J connectivity index is 1.41. The number of amides is 2. The summed E-state index contributed by atoms with van der Waals surface area (Å²) in [6.45, 7) is 0.400. The highest BCUT2D eigenvalue weighted by atomic mass is 32.2. The molecule has 0 bridgehead atoms. The van der Waals surface area contributed by atoms with Crippen LogP contribution in [0.4, 0.5) is 10.5 Å². The highest BCUT2D eigenvalue weighted by Crippen LogP contribution is 2.37. The molecule has 4 aromatic rings. The number of carbonyl (C=O) groups excluding carboxylic acids is 2. The van der Waals surface area contributed by atoms with Gasteiger partial charge in [-0.15, -0.1) is 0 Å². The number of thioether (sulfide) groups is 1. The molecule has 0 N–H and O–H groups in total. The smallest absolute Gasteiger partial charge is 0.298 e. The molecule has 5 rings (SSSR count). The van der Waals surface area contributed by atoms with Gasteiger partial charge in [0.1, 0.15) is 12.4 Å². The lowest BCUT2D eigenvalue weighted by molar-refractivity contribution is -0.113. The second-order valence-electron chi connectivity index (χ2n) is 7.32. The average molecular weight is 438 g/mol. The fourth-order valence-corrected chi connectivity index (χ4v) is 4.55. The first-order chi connectivity index (χ1) is 15.7. The number of imide groups is 1. The summed E-state index contributed by atoms with van der Waals surface area (Å²) in [5, 5.41) is 2.01. The quantitative estimate of drug-likeness (QED) is 0.328. The number of anilines is 1. The molecule has 0 saturated carbocycles. The molecule has 1 saturated heterocycles. The number of carbonyl (C=O) groups is 2. The fourth-order valence-electron chi connectivity index (χ4n) is 3.71. The minimum absolute atomic E-state index is 0.304. The van der Waals surface area contributed by atoms with Crippen molar-refractivity contribution < 1.29 is 14.3 Å². The number of ether oxygens (including phenoxy) is 1. The van der Waals surface area contributed by atoms with Crippen LogP contribution in [0.1, 0.15) is 11.1 Å². The lowest BCUT2D eigenvalue weighted by atomic mass is 10.1. The predicted octanol–water partition coefficient (Wildman–Crippen LogP) is 6.66. The highest BCUT2D eigenvalue weighted by Gasteiger charge is 2.36. The third kappa shape index (κ3) is 3.90. The van der Waals surface area contributed by atoms with E-state index in [-0.39, 0.29) is 11.1 Å². The Hall–Kier alpha value is -3.83. The minimum atomic E-state index is -0.324. The van der Waals surface area contributed by atoms with Crippen molar-refractivity contribution in [1.82, 2.24) is 0 Å². The number of nitrogens with zero attached hydrogens (tertiary/aromatic N) is 1. The molecule has 0 radical (unpaired) electrons. The summed E-state index contributed by atoms with van der Waals surface area (Å²) in [7, 11) is 0. The number of hydrogen-bond donors (Lipinski definition) is 0. The van der Waals surface area contributed by atoms with E-state index in [1.54, 1.807) is 30.3 Å². The molecule has 32 heavy (non-hydrogen) atoms. The zero-order valence-electron chi connectivity index (χ0n) is 17.1. The molecule has 2 amide bonds. The van der Waals surface area contributed by atoms with Crippen LogP contribution >= 0.6 is 11.8 Å². The zero-order chi connectivity index (χ0) is 21.9. The molecule has 1 aliphatic heterocycles. The molecule has 0 atom stereocenters. The van der Waals surface area contributed by atoms with E-state index >= 15 is 0 Å². The Morgan fingerprint density at radius 1 is 0.781 bits per heavy atom. The van der Waals surface area contributed by atoms with Crippen molar-refractivity contribution in [2.75, 3.05) is 4.90 Å². The van der Waals surface area contributed by atoms with Crippen LogP contribution in [0.25, 0.3) is 16.8 Å². The topological polar surface area (TPSA) is 46.6 Å². The Morgan fingerprint density at radius 2 is 1.50 bits per heavy atom. The Morgan fingerprint density at radius 3 is 2.38 bits per heavy atom. The second kappa shape index (κ2) is 8.73. The summed E-state index contributed by atoms with van der Waals surface area (Å²) in [5.41, 5.74) is 2.41. The fraction of sp³-hybridized carbons (Fsp3) is 0.0370. The molecule has 156 valence electrons. The van der Waals surface area contributed by atoms with Crippen LogP contribution in [0.2, 0.25) is 0 Å². The minimum Gasteiger partial charge on any atom is -0.488 e. The first-order valence-electron chi connectivity index (χ1n) is 10.2. The van der Waals surface area contributed by atoms with E-state index in [1.165, 1.54) is 4.90 Å². The first kappa shape index (κ1) is 20.1. The third-order valence-electron chi connectivity index (χ3n) is 5.28. The van der Waals surface area contributed by atoms with Gasteiger partial charge >= 0.3 is 0 Å². The van der Waals surface area contributed by atoms with Crippen molar-refractivity contribution >= 4 is 45.4 Å². The van der Waals surface area contributed by atoms with E-state index in [9.17, 15) is 9.59 Å². The lowest BCUT2D eigenvalue weighted by Gasteiger charge is -2.12. The van der Waals surface area contributed by atoms with Gasteiger partial charge in [-0.1, -0.05) is 78.9 Å². The normalized spacial score (nSPS) is 15.0. The van der Waals surface area contributed by atoms with E-state index < -0.39 is 0 Å². The van der Waals surface area contributed by atoms with E-state index in [4.69, 9.17) is 4.74 Å². The summed E-state index contributed by atoms with van der Waals surface area (Å²) in [6, 6.07) is 30.8. The van der Waals surface area contributed by atoms with Crippen LogP contribution in [0, 0.1) is 0 Å². The molecular formula is C27H19NO3S. The maximum atomic E-state index is 12.9. The van der Waals surface area contributed by atoms with E-state index in [0.29, 0.717) is 22.9 Å². The van der Waals surface area contributed by atoms with Crippen molar-refractivity contribution in [2.45, 2.75) is 6.61 Å². The van der Waals surface area contributed by atoms with Crippen LogP contribution < -0.4 is 9.64 Å². The van der Waals surface area contributed by atoms with Crippen molar-refractivity contribution in [2.24, 2.45) is 0 Å². The van der Waals surface area contributed by atoms with E-state index in [1.807, 2.05) is 48.5 Å². The molecule has 1 heterocycles. The van der Waals surface area contributed by atoms with E-state index in [0.717, 1.165) is 33.7 Å². The largest absolute Gasteiger partial charge is 0.488 e. The molecule has 1 aliphatic rings. The summed E-state index contributed by atoms with van der Waals surface area (Å²) < 4.78 is 6.15. The second-order valence-corrected chi connectivity index (χ2v) is 8.31. The maximum Gasteiger partial charge on any atom is 0.298 e. The summed E-state index contributed by atoms with van der Waals surface area (Å²) >= 11 is 0.939. The van der Waals surface area contributed by atoms with Gasteiger partial charge in [-0.25, -0.2) is 4.90 Å². The molecule has 0 aliphatic carbocycles.